The number of anilines is 1. The molecule has 0 N–H and O–H groups in total. The van der Waals surface area contributed by atoms with Crippen LogP contribution in [-0.4, -0.2) is 62.0 Å². The zero-order valence-corrected chi connectivity index (χ0v) is 16.9. The Morgan fingerprint density at radius 2 is 2.07 bits per heavy atom. The number of benzene rings is 1. The monoisotopic (exact) mass is 401 g/mol. The first-order valence-corrected chi connectivity index (χ1v) is 10.2. The second kappa shape index (κ2) is 7.89. The molecule has 1 fully saturated rings. The number of thiazole rings is 1. The molecule has 7 nitrogen and oxygen atoms in total. The molecule has 0 atom stereocenters. The van der Waals surface area contributed by atoms with Crippen molar-refractivity contribution in [3.63, 3.8) is 0 Å². The van der Waals surface area contributed by atoms with Gasteiger partial charge in [-0.2, -0.15) is 0 Å². The fourth-order valence-electron chi connectivity index (χ4n) is 3.76. The number of morpholine rings is 1. The van der Waals surface area contributed by atoms with Gasteiger partial charge in [0.25, 0.3) is 5.91 Å². The highest BCUT2D eigenvalue weighted by Crippen LogP contribution is 2.34. The number of aryl methyl sites for hydroxylation is 1. The van der Waals surface area contributed by atoms with Crippen LogP contribution in [0.15, 0.2) is 12.1 Å². The van der Waals surface area contributed by atoms with Crippen LogP contribution in [0.4, 0.5) is 5.13 Å². The smallest absolute Gasteiger partial charge is 0.266 e. The van der Waals surface area contributed by atoms with Crippen LogP contribution in [0.25, 0.3) is 0 Å². The van der Waals surface area contributed by atoms with Gasteiger partial charge in [-0.05, 0) is 30.5 Å². The van der Waals surface area contributed by atoms with Crippen LogP contribution >= 0.6 is 11.3 Å². The van der Waals surface area contributed by atoms with E-state index in [1.165, 1.54) is 11.3 Å². The number of aromatic nitrogens is 1. The van der Waals surface area contributed by atoms with Gasteiger partial charge in [-0.25, -0.2) is 4.98 Å². The van der Waals surface area contributed by atoms with Crippen molar-refractivity contribution in [2.45, 2.75) is 19.9 Å². The average Bonchev–Trinajstić information content (AvgIpc) is 3.14. The molecule has 8 heteroatoms. The van der Waals surface area contributed by atoms with Crippen molar-refractivity contribution in [1.82, 2.24) is 9.88 Å². The number of hydrogen-bond acceptors (Lipinski definition) is 7. The Morgan fingerprint density at radius 3 is 2.79 bits per heavy atom. The van der Waals surface area contributed by atoms with Crippen molar-refractivity contribution in [3.8, 4) is 5.75 Å². The molecular formula is C20H23N3O4S. The van der Waals surface area contributed by atoms with Crippen LogP contribution in [-0.2, 0) is 17.7 Å². The number of rotatable bonds is 4. The van der Waals surface area contributed by atoms with Gasteiger partial charge in [0.05, 0.1) is 31.6 Å². The minimum atomic E-state index is 0.0370. The molecule has 4 rings (SSSR count). The summed E-state index contributed by atoms with van der Waals surface area (Å²) < 4.78 is 10.6. The Labute approximate surface area is 167 Å². The number of carbonyl (C=O) groups is 2. The van der Waals surface area contributed by atoms with E-state index < -0.39 is 0 Å². The van der Waals surface area contributed by atoms with Crippen molar-refractivity contribution in [2.24, 2.45) is 0 Å². The van der Waals surface area contributed by atoms with E-state index in [-0.39, 0.29) is 5.91 Å². The quantitative estimate of drug-likeness (QED) is 0.732. The SMILES string of the molecule is COc1ccc2c(c1C=O)CCN(c1nc(C)c(C(=O)N3CCOCC3)s1)C2. The van der Waals surface area contributed by atoms with E-state index in [1.54, 1.807) is 7.11 Å². The molecule has 1 aromatic heterocycles. The number of methoxy groups -OCH3 is 1. The van der Waals surface area contributed by atoms with Crippen LogP contribution < -0.4 is 9.64 Å². The van der Waals surface area contributed by atoms with Crippen molar-refractivity contribution < 1.29 is 19.1 Å². The summed E-state index contributed by atoms with van der Waals surface area (Å²) >= 11 is 1.45. The lowest BCUT2D eigenvalue weighted by molar-refractivity contribution is 0.0305. The van der Waals surface area contributed by atoms with E-state index >= 15 is 0 Å². The van der Waals surface area contributed by atoms with Crippen LogP contribution in [0.3, 0.4) is 0 Å². The maximum Gasteiger partial charge on any atom is 0.266 e. The summed E-state index contributed by atoms with van der Waals surface area (Å²) in [5.41, 5.74) is 3.55. The molecule has 1 aromatic carbocycles. The molecular weight excluding hydrogens is 378 g/mol. The molecule has 28 heavy (non-hydrogen) atoms. The maximum atomic E-state index is 12.8. The van der Waals surface area contributed by atoms with E-state index in [1.807, 2.05) is 24.0 Å². The molecule has 0 radical (unpaired) electrons. The summed E-state index contributed by atoms with van der Waals surface area (Å²) in [6.45, 7) is 5.72. The van der Waals surface area contributed by atoms with Gasteiger partial charge in [0.1, 0.15) is 10.6 Å². The van der Waals surface area contributed by atoms with Gasteiger partial charge in [-0.3, -0.25) is 9.59 Å². The second-order valence-corrected chi connectivity index (χ2v) is 7.90. The average molecular weight is 401 g/mol. The number of hydrogen-bond donors (Lipinski definition) is 0. The second-order valence-electron chi connectivity index (χ2n) is 6.92. The molecule has 0 unspecified atom stereocenters. The van der Waals surface area contributed by atoms with Gasteiger partial charge in [0.15, 0.2) is 11.4 Å². The third kappa shape index (κ3) is 3.38. The summed E-state index contributed by atoms with van der Waals surface area (Å²) in [6, 6.07) is 3.85. The van der Waals surface area contributed by atoms with Crippen molar-refractivity contribution in [3.05, 3.63) is 39.4 Å². The van der Waals surface area contributed by atoms with Crippen molar-refractivity contribution >= 4 is 28.7 Å². The molecule has 0 bridgehead atoms. The predicted octanol–water partition coefficient (Wildman–Crippen LogP) is 2.31. The van der Waals surface area contributed by atoms with E-state index in [2.05, 4.69) is 9.88 Å². The lowest BCUT2D eigenvalue weighted by atomic mass is 9.94. The summed E-state index contributed by atoms with van der Waals surface area (Å²) in [5, 5.41) is 0.850. The zero-order chi connectivity index (χ0) is 19.7. The summed E-state index contributed by atoms with van der Waals surface area (Å²) in [6.07, 6.45) is 1.62. The molecule has 0 aliphatic carbocycles. The Balaban J connectivity index is 1.57. The molecule has 3 heterocycles. The number of amides is 1. The Morgan fingerprint density at radius 1 is 1.29 bits per heavy atom. The van der Waals surface area contributed by atoms with Gasteiger partial charge in [-0.1, -0.05) is 17.4 Å². The van der Waals surface area contributed by atoms with E-state index in [9.17, 15) is 9.59 Å². The first-order chi connectivity index (χ1) is 13.6. The number of carbonyl (C=O) groups excluding carboxylic acids is 2. The van der Waals surface area contributed by atoms with Crippen LogP contribution in [0.2, 0.25) is 0 Å². The topological polar surface area (TPSA) is 72.0 Å². The van der Waals surface area contributed by atoms with E-state index in [0.29, 0.717) is 49.0 Å². The minimum absolute atomic E-state index is 0.0370. The highest BCUT2D eigenvalue weighted by Gasteiger charge is 2.27. The fourth-order valence-corrected chi connectivity index (χ4v) is 4.82. The number of fused-ring (bicyclic) bond motifs is 1. The summed E-state index contributed by atoms with van der Waals surface area (Å²) in [5.74, 6) is 0.653. The maximum absolute atomic E-state index is 12.8. The van der Waals surface area contributed by atoms with Gasteiger partial charge >= 0.3 is 0 Å². The third-order valence-electron chi connectivity index (χ3n) is 5.29. The first kappa shape index (κ1) is 18.9. The zero-order valence-electron chi connectivity index (χ0n) is 16.1. The largest absolute Gasteiger partial charge is 0.496 e. The molecule has 1 amide bonds. The molecule has 0 spiro atoms. The van der Waals surface area contributed by atoms with E-state index in [0.717, 1.165) is 41.2 Å². The summed E-state index contributed by atoms with van der Waals surface area (Å²) in [4.78, 5) is 33.8. The molecule has 2 aromatic rings. The minimum Gasteiger partial charge on any atom is -0.496 e. The Kier molecular flexibility index (Phi) is 5.32. The number of nitrogens with zero attached hydrogens (tertiary/aromatic N) is 3. The Bertz CT molecular complexity index is 905. The standard InChI is InChI=1S/C20H23N3O4S/c1-13-18(19(25)22-7-9-27-10-8-22)28-20(21-13)23-6-5-15-14(11-23)3-4-17(26-2)16(15)12-24/h3-4,12H,5-11H2,1-2H3. The van der Waals surface area contributed by atoms with Crippen LogP contribution in [0, 0.1) is 6.92 Å². The van der Waals surface area contributed by atoms with Gasteiger partial charge in [-0.15, -0.1) is 0 Å². The molecule has 1 saturated heterocycles. The number of aldehydes is 1. The lowest BCUT2D eigenvalue weighted by Gasteiger charge is -2.29. The molecule has 2 aliphatic heterocycles. The lowest BCUT2D eigenvalue weighted by Crippen LogP contribution is -2.40. The van der Waals surface area contributed by atoms with Gasteiger partial charge in [0.2, 0.25) is 0 Å². The third-order valence-corrected chi connectivity index (χ3v) is 6.50. The number of ether oxygens (including phenoxy) is 2. The van der Waals surface area contributed by atoms with E-state index in [4.69, 9.17) is 9.47 Å². The highest BCUT2D eigenvalue weighted by atomic mass is 32.1. The fraction of sp³-hybridized carbons (Fsp3) is 0.450. The summed E-state index contributed by atoms with van der Waals surface area (Å²) in [7, 11) is 1.58. The predicted molar refractivity (Wildman–Crippen MR) is 107 cm³/mol. The molecule has 148 valence electrons. The normalized spacial score (nSPS) is 16.6. The van der Waals surface area contributed by atoms with Crippen molar-refractivity contribution in [2.75, 3.05) is 44.9 Å². The Hall–Kier alpha value is -2.45. The van der Waals surface area contributed by atoms with Gasteiger partial charge in [0, 0.05) is 26.2 Å². The molecule has 2 aliphatic rings. The molecule has 0 saturated carbocycles. The van der Waals surface area contributed by atoms with Crippen LogP contribution in [0.1, 0.15) is 36.9 Å². The van der Waals surface area contributed by atoms with Crippen molar-refractivity contribution in [1.29, 1.82) is 0 Å². The van der Waals surface area contributed by atoms with Gasteiger partial charge < -0.3 is 19.3 Å². The first-order valence-electron chi connectivity index (χ1n) is 9.35. The highest BCUT2D eigenvalue weighted by molar-refractivity contribution is 7.17. The van der Waals surface area contributed by atoms with Crippen LogP contribution in [0.5, 0.6) is 5.75 Å².